The lowest BCUT2D eigenvalue weighted by Gasteiger charge is -2.38. The Bertz CT molecular complexity index is 2640. The second-order valence-corrected chi connectivity index (χ2v) is 14.7. The zero-order valence-electron chi connectivity index (χ0n) is 29.1. The van der Waals surface area contributed by atoms with Crippen molar-refractivity contribution >= 4 is 32.9 Å². The van der Waals surface area contributed by atoms with Crippen molar-refractivity contribution in [3.63, 3.8) is 0 Å². The van der Waals surface area contributed by atoms with Crippen molar-refractivity contribution < 1.29 is 4.74 Å². The molecular weight excluding hydrogens is 619 g/mol. The summed E-state index contributed by atoms with van der Waals surface area (Å²) in [5.41, 5.74) is 14.7. The molecule has 6 aliphatic rings. The van der Waals surface area contributed by atoms with Gasteiger partial charge in [0.2, 0.25) is 0 Å². The lowest BCUT2D eigenvalue weighted by Crippen LogP contribution is -2.41. The van der Waals surface area contributed by atoms with E-state index in [0.717, 1.165) is 25.0 Å². The molecule has 51 heavy (non-hydrogen) atoms. The lowest BCUT2D eigenvalue weighted by molar-refractivity contribution is 0.117. The first kappa shape index (κ1) is 29.2. The van der Waals surface area contributed by atoms with Crippen LogP contribution >= 0.6 is 0 Å². The van der Waals surface area contributed by atoms with Crippen molar-refractivity contribution in [1.82, 2.24) is 4.57 Å². The quantitative estimate of drug-likeness (QED) is 0.180. The van der Waals surface area contributed by atoms with Crippen LogP contribution in [-0.4, -0.2) is 10.2 Å². The topological polar surface area (TPSA) is 14.2 Å². The molecule has 1 aliphatic heterocycles. The van der Waals surface area contributed by atoms with E-state index in [-0.39, 0.29) is 22.9 Å². The maximum Gasteiger partial charge on any atom is 0.132 e. The zero-order chi connectivity index (χ0) is 33.9. The monoisotopic (exact) mass is 657 g/mol. The summed E-state index contributed by atoms with van der Waals surface area (Å²) in [5, 5.41) is 4.12. The maximum atomic E-state index is 7.03. The highest BCUT2D eigenvalue weighted by molar-refractivity contribution is 6.07. The average molecular weight is 658 g/mol. The van der Waals surface area contributed by atoms with Gasteiger partial charge in [-0.15, -0.1) is 0 Å². The molecule has 1 fully saturated rings. The Hall–Kier alpha value is -5.60. The number of nitrogens with zero attached hydrogens (tertiary/aromatic N) is 1. The third kappa shape index (κ3) is 3.62. The molecule has 5 aliphatic carbocycles. The van der Waals surface area contributed by atoms with Gasteiger partial charge in [0.05, 0.1) is 10.9 Å². The second-order valence-electron chi connectivity index (χ2n) is 14.7. The number of rotatable bonds is 2. The first-order valence-corrected chi connectivity index (χ1v) is 18.8. The molecule has 6 aromatic rings. The Labute approximate surface area is 299 Å². The smallest absolute Gasteiger partial charge is 0.132 e. The number of benzene rings is 5. The number of fused-ring (bicyclic) bond motifs is 8. The van der Waals surface area contributed by atoms with Gasteiger partial charge in [0.15, 0.2) is 0 Å². The summed E-state index contributed by atoms with van der Waals surface area (Å²) in [5.74, 6) is 1.60. The molecule has 246 valence electrons. The van der Waals surface area contributed by atoms with Crippen molar-refractivity contribution in [2.24, 2.45) is 5.92 Å². The van der Waals surface area contributed by atoms with Gasteiger partial charge in [-0.3, -0.25) is 0 Å². The van der Waals surface area contributed by atoms with Crippen molar-refractivity contribution in [1.29, 1.82) is 0 Å². The summed E-state index contributed by atoms with van der Waals surface area (Å²) in [6.45, 7) is 4.00. The van der Waals surface area contributed by atoms with E-state index >= 15 is 0 Å². The van der Waals surface area contributed by atoms with E-state index in [1.165, 1.54) is 77.6 Å². The van der Waals surface area contributed by atoms with Gasteiger partial charge in [-0.2, -0.15) is 0 Å². The molecule has 1 saturated carbocycles. The molecule has 1 aromatic heterocycles. The van der Waals surface area contributed by atoms with Crippen LogP contribution in [0.4, 0.5) is 0 Å². The molecule has 0 bridgehead atoms. The molecule has 4 unspecified atom stereocenters. The Morgan fingerprint density at radius 3 is 2.47 bits per heavy atom. The highest BCUT2D eigenvalue weighted by Crippen LogP contribution is 2.78. The lowest BCUT2D eigenvalue weighted by atomic mass is 9.68. The van der Waals surface area contributed by atoms with Crippen molar-refractivity contribution in [2.45, 2.75) is 50.0 Å². The molecule has 2 nitrogen and oxygen atoms in total. The number of para-hydroxylation sites is 2. The van der Waals surface area contributed by atoms with Gasteiger partial charge in [-0.05, 0) is 74.4 Å². The van der Waals surface area contributed by atoms with Gasteiger partial charge in [0, 0.05) is 47.0 Å². The SMILES string of the molecule is C1=CC(c2ccc3c4c(cccc24)-c2ccccc2C3)=CCC(n2c3c(c4ccccc42)C24CC2(Oc2ccccc24)C2C=CC=CC32)=C1.CC. The summed E-state index contributed by atoms with van der Waals surface area (Å²) in [6.07, 6.45) is 21.7. The van der Waals surface area contributed by atoms with Crippen LogP contribution in [-0.2, 0) is 11.8 Å². The zero-order valence-corrected chi connectivity index (χ0v) is 29.1. The fraction of sp³-hybridized carbons (Fsp3) is 0.184. The molecule has 0 amide bonds. The predicted molar refractivity (Wildman–Crippen MR) is 211 cm³/mol. The minimum atomic E-state index is -0.218. The second kappa shape index (κ2) is 10.5. The van der Waals surface area contributed by atoms with Gasteiger partial charge >= 0.3 is 0 Å². The fourth-order valence-corrected chi connectivity index (χ4v) is 10.7. The molecule has 0 spiro atoms. The fourth-order valence-electron chi connectivity index (χ4n) is 10.7. The molecule has 2 heterocycles. The van der Waals surface area contributed by atoms with Gasteiger partial charge in [-0.1, -0.05) is 147 Å². The van der Waals surface area contributed by atoms with Crippen LogP contribution < -0.4 is 4.74 Å². The van der Waals surface area contributed by atoms with Crippen molar-refractivity contribution in [3.8, 4) is 16.9 Å². The Balaban J connectivity index is 0.00000153. The minimum absolute atomic E-state index is 0.120. The van der Waals surface area contributed by atoms with Crippen LogP contribution in [0.3, 0.4) is 0 Å². The molecular formula is C49H39NO. The van der Waals surface area contributed by atoms with Crippen LogP contribution in [0.5, 0.6) is 5.75 Å². The molecule has 0 saturated heterocycles. The summed E-state index contributed by atoms with van der Waals surface area (Å²) in [4.78, 5) is 0. The Morgan fingerprint density at radius 1 is 0.706 bits per heavy atom. The van der Waals surface area contributed by atoms with Crippen molar-refractivity contribution in [3.05, 3.63) is 185 Å². The van der Waals surface area contributed by atoms with E-state index in [9.17, 15) is 0 Å². The summed E-state index contributed by atoms with van der Waals surface area (Å²) in [7, 11) is 0. The molecule has 0 radical (unpaired) electrons. The summed E-state index contributed by atoms with van der Waals surface area (Å²) >= 11 is 0. The van der Waals surface area contributed by atoms with Gasteiger partial charge in [-0.25, -0.2) is 0 Å². The standard InChI is InChI=1S/C47H33NO.C2H6/c1-2-14-33-30(11-1)27-31-24-26-34(36-18-10-17-35(33)43(31)36)29-12-9-13-32(25-23-29)48-41-21-7-4-16-38(41)44-45(48)37-15-3-5-19-39(37)47-28-46(44,47)40-20-6-8-22-42(40)49-47;1-2/h1-24,26,37,39H,25,27-28H2;1-2H3. The van der Waals surface area contributed by atoms with Gasteiger partial charge in [0.25, 0.3) is 0 Å². The van der Waals surface area contributed by atoms with E-state index in [1.54, 1.807) is 0 Å². The summed E-state index contributed by atoms with van der Waals surface area (Å²) in [6, 6.07) is 38.4. The molecule has 5 aromatic carbocycles. The number of allylic oxidation sites excluding steroid dienone is 9. The Morgan fingerprint density at radius 2 is 1.51 bits per heavy atom. The highest BCUT2D eigenvalue weighted by atomic mass is 16.5. The van der Waals surface area contributed by atoms with Crippen LogP contribution in [0, 0.1) is 5.92 Å². The third-order valence-electron chi connectivity index (χ3n) is 12.6. The maximum absolute atomic E-state index is 7.03. The van der Waals surface area contributed by atoms with Crippen LogP contribution in [0.25, 0.3) is 44.1 Å². The van der Waals surface area contributed by atoms with Crippen LogP contribution in [0.15, 0.2) is 152 Å². The Kier molecular flexibility index (Phi) is 5.98. The molecule has 4 atom stereocenters. The largest absolute Gasteiger partial charge is 0.485 e. The molecule has 2 heteroatoms. The van der Waals surface area contributed by atoms with E-state index in [4.69, 9.17) is 4.74 Å². The number of hydrogen-bond acceptors (Lipinski definition) is 1. The molecule has 12 rings (SSSR count). The molecule has 0 N–H and O–H groups in total. The van der Waals surface area contributed by atoms with Gasteiger partial charge < -0.3 is 9.30 Å². The third-order valence-corrected chi connectivity index (χ3v) is 12.6. The van der Waals surface area contributed by atoms with E-state index in [0.29, 0.717) is 0 Å². The predicted octanol–water partition coefficient (Wildman–Crippen LogP) is 11.9. The number of hydrogen-bond donors (Lipinski definition) is 0. The van der Waals surface area contributed by atoms with Crippen LogP contribution in [0.1, 0.15) is 66.1 Å². The highest BCUT2D eigenvalue weighted by Gasteiger charge is 2.82. The van der Waals surface area contributed by atoms with Crippen molar-refractivity contribution in [2.75, 3.05) is 0 Å². The number of aromatic nitrogens is 1. The van der Waals surface area contributed by atoms with Crippen LogP contribution in [0.2, 0.25) is 0 Å². The van der Waals surface area contributed by atoms with Gasteiger partial charge in [0.1, 0.15) is 11.4 Å². The first-order chi connectivity index (χ1) is 25.3. The minimum Gasteiger partial charge on any atom is -0.485 e. The van der Waals surface area contributed by atoms with E-state index in [1.807, 2.05) is 13.8 Å². The summed E-state index contributed by atoms with van der Waals surface area (Å²) < 4.78 is 9.66. The van der Waals surface area contributed by atoms with E-state index in [2.05, 4.69) is 156 Å². The normalized spacial score (nSPS) is 25.1. The van der Waals surface area contributed by atoms with E-state index < -0.39 is 0 Å². The number of ether oxygens (including phenoxy) is 1. The average Bonchev–Trinajstić information content (AvgIpc) is 3.73. The first-order valence-electron chi connectivity index (χ1n) is 18.8.